The van der Waals surface area contributed by atoms with Crippen LogP contribution in [0.1, 0.15) is 45.7 Å². The second kappa shape index (κ2) is 8.51. The van der Waals surface area contributed by atoms with Crippen molar-refractivity contribution in [1.29, 1.82) is 0 Å². The number of hydrogen-bond acceptors (Lipinski definition) is 5. The van der Waals surface area contributed by atoms with Crippen LogP contribution in [0.3, 0.4) is 0 Å². The molecule has 1 aromatic heterocycles. The zero-order valence-electron chi connectivity index (χ0n) is 18.5. The van der Waals surface area contributed by atoms with Crippen LogP contribution >= 0.6 is 11.6 Å². The molecule has 0 atom stereocenters. The number of amides is 2. The molecule has 3 aliphatic rings. The van der Waals surface area contributed by atoms with Crippen LogP contribution in [0.5, 0.6) is 0 Å². The first kappa shape index (κ1) is 23.1. The summed E-state index contributed by atoms with van der Waals surface area (Å²) >= 11 is 5.87. The number of halogens is 1. The highest BCUT2D eigenvalue weighted by Gasteiger charge is 2.55. The molecule has 1 N–H and O–H groups in total. The summed E-state index contributed by atoms with van der Waals surface area (Å²) < 4.78 is 27.7. The smallest absolute Gasteiger partial charge is 0.270 e. The van der Waals surface area contributed by atoms with Gasteiger partial charge in [0.25, 0.3) is 17.4 Å². The van der Waals surface area contributed by atoms with E-state index in [9.17, 15) is 22.8 Å². The Morgan fingerprint density at radius 2 is 1.76 bits per heavy atom. The van der Waals surface area contributed by atoms with E-state index in [-0.39, 0.29) is 42.6 Å². The van der Waals surface area contributed by atoms with Crippen molar-refractivity contribution >= 4 is 33.4 Å². The van der Waals surface area contributed by atoms with Gasteiger partial charge >= 0.3 is 0 Å². The lowest BCUT2D eigenvalue weighted by atomic mass is 10.1. The van der Waals surface area contributed by atoms with Crippen molar-refractivity contribution in [2.24, 2.45) is 0 Å². The molecule has 2 aromatic rings. The van der Waals surface area contributed by atoms with Crippen molar-refractivity contribution in [3.63, 3.8) is 0 Å². The van der Waals surface area contributed by atoms with E-state index in [0.717, 1.165) is 18.4 Å². The van der Waals surface area contributed by atoms with E-state index in [1.54, 1.807) is 33.5 Å². The number of pyridine rings is 1. The van der Waals surface area contributed by atoms with Crippen LogP contribution in [0.25, 0.3) is 0 Å². The lowest BCUT2D eigenvalue weighted by molar-refractivity contribution is 0.0647. The van der Waals surface area contributed by atoms with Gasteiger partial charge in [-0.1, -0.05) is 23.7 Å². The number of carbonyl (C=O) groups excluding carboxylic acids is 2. The second-order valence-corrected chi connectivity index (χ2v) is 11.5. The molecule has 0 radical (unpaired) electrons. The van der Waals surface area contributed by atoms with Crippen LogP contribution in [-0.4, -0.2) is 64.9 Å². The summed E-state index contributed by atoms with van der Waals surface area (Å²) in [6, 6.07) is 9.90. The number of aromatic nitrogens is 1. The van der Waals surface area contributed by atoms with E-state index in [1.165, 1.54) is 16.7 Å². The number of carbonyl (C=O) groups is 2. The van der Waals surface area contributed by atoms with Gasteiger partial charge in [0.15, 0.2) is 0 Å². The molecule has 11 heteroatoms. The average Bonchev–Trinajstić information content (AvgIpc) is 3.49. The average molecular weight is 505 g/mol. The van der Waals surface area contributed by atoms with Crippen molar-refractivity contribution in [3.05, 3.63) is 68.6 Å². The molecule has 2 fully saturated rings. The molecule has 0 bridgehead atoms. The van der Waals surface area contributed by atoms with Crippen molar-refractivity contribution in [2.45, 2.75) is 37.9 Å². The molecule has 1 saturated carbocycles. The fraction of sp³-hybridized carbons (Fsp3) is 0.435. The number of nitrogens with one attached hydrogen (secondary N) is 1. The van der Waals surface area contributed by atoms with E-state index in [4.69, 9.17) is 11.6 Å². The maximum absolute atomic E-state index is 13.2. The molecule has 0 spiro atoms. The molecule has 180 valence electrons. The van der Waals surface area contributed by atoms with Crippen LogP contribution < -0.4 is 10.9 Å². The Morgan fingerprint density at radius 1 is 1.03 bits per heavy atom. The number of sulfonamides is 1. The zero-order chi connectivity index (χ0) is 24.1. The second-order valence-electron chi connectivity index (χ2n) is 9.09. The monoisotopic (exact) mass is 504 g/mol. The van der Waals surface area contributed by atoms with Crippen LogP contribution in [0, 0.1) is 0 Å². The number of hydrogen-bond donors (Lipinski definition) is 1. The quantitative estimate of drug-likeness (QED) is 0.640. The summed E-state index contributed by atoms with van der Waals surface area (Å²) in [6.45, 7) is 1.60. The zero-order valence-corrected chi connectivity index (χ0v) is 20.1. The van der Waals surface area contributed by atoms with Crippen molar-refractivity contribution in [2.75, 3.05) is 25.4 Å². The number of nitrogens with zero attached hydrogens (tertiary/aromatic N) is 3. The highest BCUT2D eigenvalue weighted by atomic mass is 35.5. The SMILES string of the molecule is O=C(NCc1ccc(Cl)cc1)c1ccc2n(c1=O)CCN(CC1(N3CCCS3(=O)=O)CC1)C2=O. The molecule has 2 aliphatic heterocycles. The van der Waals surface area contributed by atoms with Crippen LogP contribution in [0.2, 0.25) is 5.02 Å². The van der Waals surface area contributed by atoms with Crippen molar-refractivity contribution in [3.8, 4) is 0 Å². The van der Waals surface area contributed by atoms with Gasteiger partial charge in [-0.05, 0) is 49.1 Å². The van der Waals surface area contributed by atoms with Gasteiger partial charge < -0.3 is 14.8 Å². The van der Waals surface area contributed by atoms with E-state index < -0.39 is 27.0 Å². The fourth-order valence-electron chi connectivity index (χ4n) is 4.83. The Kier molecular flexibility index (Phi) is 5.78. The highest BCUT2D eigenvalue weighted by molar-refractivity contribution is 7.89. The first-order chi connectivity index (χ1) is 16.2. The minimum atomic E-state index is -3.27. The first-order valence-electron chi connectivity index (χ1n) is 11.3. The van der Waals surface area contributed by atoms with Gasteiger partial charge in [0.1, 0.15) is 11.3 Å². The van der Waals surface area contributed by atoms with Gasteiger partial charge in [-0.3, -0.25) is 14.4 Å². The van der Waals surface area contributed by atoms with E-state index in [1.807, 2.05) is 0 Å². The highest BCUT2D eigenvalue weighted by Crippen LogP contribution is 2.46. The van der Waals surface area contributed by atoms with E-state index >= 15 is 0 Å². The lowest BCUT2D eigenvalue weighted by Gasteiger charge is -2.35. The summed E-state index contributed by atoms with van der Waals surface area (Å²) in [4.78, 5) is 40.4. The van der Waals surface area contributed by atoms with Crippen LogP contribution in [0.4, 0.5) is 0 Å². The first-order valence-corrected chi connectivity index (χ1v) is 13.3. The normalized spacial score (nSPS) is 20.7. The summed E-state index contributed by atoms with van der Waals surface area (Å²) in [5.74, 6) is -0.676. The Balaban J connectivity index is 1.30. The van der Waals surface area contributed by atoms with Gasteiger partial charge in [-0.15, -0.1) is 0 Å². The van der Waals surface area contributed by atoms with Crippen LogP contribution in [-0.2, 0) is 23.1 Å². The standard InChI is InChI=1S/C23H25ClN4O5S/c24-17-4-2-16(3-5-17)14-25-20(29)18-6-7-19-22(31)26(11-12-27(19)21(18)30)15-23(8-9-23)28-10-1-13-34(28,32)33/h2-7H,1,8-15H2,(H,25,29). The molecular weight excluding hydrogens is 480 g/mol. The molecule has 3 heterocycles. The number of fused-ring (bicyclic) bond motifs is 1. The molecule has 1 saturated heterocycles. The predicted octanol–water partition coefficient (Wildman–Crippen LogP) is 1.46. The fourth-order valence-corrected chi connectivity index (χ4v) is 6.91. The third-order valence-electron chi connectivity index (χ3n) is 6.83. The van der Waals surface area contributed by atoms with Gasteiger partial charge in [-0.25, -0.2) is 8.42 Å². The number of rotatable bonds is 6. The molecule has 5 rings (SSSR count). The Hall–Kier alpha value is -2.69. The van der Waals surface area contributed by atoms with E-state index in [2.05, 4.69) is 5.32 Å². The lowest BCUT2D eigenvalue weighted by Crippen LogP contribution is -2.52. The molecule has 9 nitrogen and oxygen atoms in total. The molecular formula is C23H25ClN4O5S. The summed E-state index contributed by atoms with van der Waals surface area (Å²) in [5.41, 5.74) is -0.000951. The molecule has 1 aromatic carbocycles. The maximum Gasteiger partial charge on any atom is 0.270 e. The topological polar surface area (TPSA) is 109 Å². The molecule has 1 aliphatic carbocycles. The van der Waals surface area contributed by atoms with Crippen molar-refractivity contribution < 1.29 is 18.0 Å². The minimum Gasteiger partial charge on any atom is -0.348 e. The van der Waals surface area contributed by atoms with E-state index in [0.29, 0.717) is 24.5 Å². The van der Waals surface area contributed by atoms with Gasteiger partial charge in [0.05, 0.1) is 11.3 Å². The van der Waals surface area contributed by atoms with Gasteiger partial charge in [0, 0.05) is 37.7 Å². The molecule has 34 heavy (non-hydrogen) atoms. The molecule has 0 unspecified atom stereocenters. The number of benzene rings is 1. The predicted molar refractivity (Wildman–Crippen MR) is 126 cm³/mol. The van der Waals surface area contributed by atoms with Gasteiger partial charge in [0.2, 0.25) is 10.0 Å². The third kappa shape index (κ3) is 4.14. The Morgan fingerprint density at radius 3 is 2.41 bits per heavy atom. The largest absolute Gasteiger partial charge is 0.348 e. The van der Waals surface area contributed by atoms with Crippen LogP contribution in [0.15, 0.2) is 41.2 Å². The van der Waals surface area contributed by atoms with Gasteiger partial charge in [-0.2, -0.15) is 4.31 Å². The maximum atomic E-state index is 13.2. The Bertz CT molecular complexity index is 1320. The third-order valence-corrected chi connectivity index (χ3v) is 9.12. The summed E-state index contributed by atoms with van der Waals surface area (Å²) in [6.07, 6.45) is 2.07. The summed E-state index contributed by atoms with van der Waals surface area (Å²) in [5, 5.41) is 3.32. The van der Waals surface area contributed by atoms with Crippen molar-refractivity contribution in [1.82, 2.24) is 19.1 Å². The summed E-state index contributed by atoms with van der Waals surface area (Å²) in [7, 11) is -3.27. The minimum absolute atomic E-state index is 0.0270. The molecule has 2 amide bonds. The Labute approximate surface area is 202 Å².